The molecule has 6 nitrogen and oxygen atoms in total. The van der Waals surface area contributed by atoms with Gasteiger partial charge < -0.3 is 20.9 Å². The van der Waals surface area contributed by atoms with E-state index in [-0.39, 0.29) is 5.96 Å². The number of nitrogens with two attached hydrogens (primary N) is 1. The predicted octanol–water partition coefficient (Wildman–Crippen LogP) is 0.579. The Kier molecular flexibility index (Phi) is 3.89. The molecule has 0 aliphatic carbocycles. The highest BCUT2D eigenvalue weighted by Gasteiger charge is 2.18. The first-order valence-corrected chi connectivity index (χ1v) is 6.26. The second kappa shape index (κ2) is 5.60. The Balaban J connectivity index is 2.07. The minimum atomic E-state index is 0.141. The van der Waals surface area contributed by atoms with Gasteiger partial charge in [-0.2, -0.15) is 0 Å². The van der Waals surface area contributed by atoms with Crippen LogP contribution in [0.4, 0.5) is 11.4 Å². The van der Waals surface area contributed by atoms with E-state index < -0.39 is 0 Å². The van der Waals surface area contributed by atoms with Crippen molar-refractivity contribution in [3.8, 4) is 0 Å². The number of hydrogen-bond donors (Lipinski definition) is 3. The molecule has 1 saturated heterocycles. The molecule has 0 radical (unpaired) electrons. The molecule has 0 atom stereocenters. The first-order chi connectivity index (χ1) is 9.11. The van der Waals surface area contributed by atoms with Crippen LogP contribution in [0.25, 0.3) is 0 Å². The van der Waals surface area contributed by atoms with E-state index in [2.05, 4.69) is 10.2 Å². The minimum absolute atomic E-state index is 0.141. The van der Waals surface area contributed by atoms with Gasteiger partial charge in [-0.3, -0.25) is 10.2 Å². The summed E-state index contributed by atoms with van der Waals surface area (Å²) in [5.74, 6) is 0.141. The number of nitrogens with zero attached hydrogens (tertiary/aromatic N) is 2. The third kappa shape index (κ3) is 2.96. The van der Waals surface area contributed by atoms with E-state index in [1.54, 1.807) is 0 Å². The van der Waals surface area contributed by atoms with Crippen LogP contribution in [0.5, 0.6) is 0 Å². The lowest BCUT2D eigenvalue weighted by Gasteiger charge is -2.37. The molecule has 6 heteroatoms. The van der Waals surface area contributed by atoms with Crippen molar-refractivity contribution in [1.29, 1.82) is 5.41 Å². The second-order valence-corrected chi connectivity index (χ2v) is 4.62. The standard InChI is InChI=1S/C13H19N5O/c1-10-8-11(16-9-19)2-3-12(10)17-4-6-18(7-5-17)13(14)15/h2-3,8-9H,4-7H2,1H3,(H3,14,15)(H,16,19). The number of nitrogens with one attached hydrogen (secondary N) is 2. The van der Waals surface area contributed by atoms with Crippen molar-refractivity contribution in [2.24, 2.45) is 5.73 Å². The molecule has 1 aliphatic rings. The molecular formula is C13H19N5O. The lowest BCUT2D eigenvalue weighted by Crippen LogP contribution is -2.51. The van der Waals surface area contributed by atoms with Gasteiger partial charge in [-0.05, 0) is 30.7 Å². The van der Waals surface area contributed by atoms with Gasteiger partial charge in [-0.1, -0.05) is 0 Å². The molecule has 4 N–H and O–H groups in total. The van der Waals surface area contributed by atoms with Crippen molar-refractivity contribution >= 4 is 23.7 Å². The summed E-state index contributed by atoms with van der Waals surface area (Å²) in [4.78, 5) is 14.6. The second-order valence-electron chi connectivity index (χ2n) is 4.62. The highest BCUT2D eigenvalue weighted by molar-refractivity contribution is 5.75. The van der Waals surface area contributed by atoms with Crippen LogP contribution < -0.4 is 16.0 Å². The average molecular weight is 261 g/mol. The Morgan fingerprint density at radius 3 is 2.58 bits per heavy atom. The molecule has 1 aromatic rings. The normalized spacial score (nSPS) is 15.2. The lowest BCUT2D eigenvalue weighted by molar-refractivity contribution is -0.105. The van der Waals surface area contributed by atoms with Gasteiger partial charge in [-0.15, -0.1) is 0 Å². The zero-order valence-electron chi connectivity index (χ0n) is 11.0. The summed E-state index contributed by atoms with van der Waals surface area (Å²) in [7, 11) is 0. The van der Waals surface area contributed by atoms with Crippen LogP contribution in [-0.4, -0.2) is 43.4 Å². The molecule has 1 aliphatic heterocycles. The van der Waals surface area contributed by atoms with Crippen LogP contribution in [0.2, 0.25) is 0 Å². The molecule has 1 fully saturated rings. The summed E-state index contributed by atoms with van der Waals surface area (Å²) in [6.45, 7) is 5.26. The highest BCUT2D eigenvalue weighted by atomic mass is 16.1. The molecule has 1 aromatic carbocycles. The van der Waals surface area contributed by atoms with Crippen molar-refractivity contribution < 1.29 is 4.79 Å². The topological polar surface area (TPSA) is 85.5 Å². The Morgan fingerprint density at radius 2 is 2.05 bits per heavy atom. The average Bonchev–Trinajstić information content (AvgIpc) is 2.39. The maximum atomic E-state index is 10.4. The molecule has 0 bridgehead atoms. The van der Waals surface area contributed by atoms with E-state index in [1.165, 1.54) is 5.69 Å². The monoisotopic (exact) mass is 261 g/mol. The van der Waals surface area contributed by atoms with E-state index >= 15 is 0 Å². The van der Waals surface area contributed by atoms with Gasteiger partial charge in [0.2, 0.25) is 6.41 Å². The van der Waals surface area contributed by atoms with E-state index in [9.17, 15) is 4.79 Å². The first kappa shape index (κ1) is 13.2. The maximum Gasteiger partial charge on any atom is 0.211 e. The van der Waals surface area contributed by atoms with Gasteiger partial charge in [0.15, 0.2) is 5.96 Å². The number of piperazine rings is 1. The number of amides is 1. The Labute approximate surface area is 112 Å². The number of anilines is 2. The molecule has 1 amide bonds. The Morgan fingerprint density at radius 1 is 1.37 bits per heavy atom. The summed E-state index contributed by atoms with van der Waals surface area (Å²) in [6.07, 6.45) is 0.681. The van der Waals surface area contributed by atoms with E-state index in [1.807, 2.05) is 30.0 Å². The Bertz CT molecular complexity index is 480. The third-order valence-corrected chi connectivity index (χ3v) is 3.38. The van der Waals surface area contributed by atoms with Crippen molar-refractivity contribution in [3.05, 3.63) is 23.8 Å². The molecular weight excluding hydrogens is 242 g/mol. The van der Waals surface area contributed by atoms with Gasteiger partial charge in [0, 0.05) is 37.6 Å². The Hall–Kier alpha value is -2.24. The number of aryl methyl sites for hydroxylation is 1. The zero-order chi connectivity index (χ0) is 13.8. The van der Waals surface area contributed by atoms with Crippen molar-refractivity contribution in [3.63, 3.8) is 0 Å². The fraction of sp³-hybridized carbons (Fsp3) is 0.385. The number of guanidine groups is 1. The summed E-state index contributed by atoms with van der Waals surface area (Å²) in [5, 5.41) is 10.1. The smallest absolute Gasteiger partial charge is 0.211 e. The van der Waals surface area contributed by atoms with Gasteiger partial charge in [0.05, 0.1) is 0 Å². The highest BCUT2D eigenvalue weighted by Crippen LogP contribution is 2.24. The third-order valence-electron chi connectivity index (χ3n) is 3.38. The predicted molar refractivity (Wildman–Crippen MR) is 76.6 cm³/mol. The van der Waals surface area contributed by atoms with Gasteiger partial charge >= 0.3 is 0 Å². The van der Waals surface area contributed by atoms with Gasteiger partial charge in [-0.25, -0.2) is 0 Å². The quantitative estimate of drug-likeness (QED) is 0.422. The largest absolute Gasteiger partial charge is 0.370 e. The molecule has 0 aromatic heterocycles. The molecule has 102 valence electrons. The maximum absolute atomic E-state index is 10.4. The van der Waals surface area contributed by atoms with E-state index in [0.717, 1.165) is 37.4 Å². The van der Waals surface area contributed by atoms with Crippen LogP contribution in [0.3, 0.4) is 0 Å². The van der Waals surface area contributed by atoms with Crippen LogP contribution in [0.1, 0.15) is 5.56 Å². The van der Waals surface area contributed by atoms with Crippen LogP contribution in [0.15, 0.2) is 18.2 Å². The number of carbonyl (C=O) groups excluding carboxylic acids is 1. The number of carbonyl (C=O) groups is 1. The molecule has 2 rings (SSSR count). The molecule has 1 heterocycles. The SMILES string of the molecule is Cc1cc(NC=O)ccc1N1CCN(C(=N)N)CC1. The van der Waals surface area contributed by atoms with E-state index in [0.29, 0.717) is 6.41 Å². The van der Waals surface area contributed by atoms with Gasteiger partial charge in [0.25, 0.3) is 0 Å². The van der Waals surface area contributed by atoms with E-state index in [4.69, 9.17) is 11.1 Å². The zero-order valence-corrected chi connectivity index (χ0v) is 11.0. The lowest BCUT2D eigenvalue weighted by atomic mass is 10.1. The molecule has 0 spiro atoms. The summed E-state index contributed by atoms with van der Waals surface area (Å²) in [5.41, 5.74) is 8.58. The first-order valence-electron chi connectivity index (χ1n) is 6.26. The molecule has 0 saturated carbocycles. The molecule has 0 unspecified atom stereocenters. The van der Waals surface area contributed by atoms with Crippen molar-refractivity contribution in [1.82, 2.24) is 4.90 Å². The summed E-state index contributed by atoms with van der Waals surface area (Å²) in [6, 6.07) is 5.87. The van der Waals surface area contributed by atoms with Crippen LogP contribution in [0, 0.1) is 12.3 Å². The van der Waals surface area contributed by atoms with Crippen LogP contribution in [-0.2, 0) is 4.79 Å². The number of rotatable bonds is 3. The summed E-state index contributed by atoms with van der Waals surface area (Å²) >= 11 is 0. The number of hydrogen-bond acceptors (Lipinski definition) is 3. The molecule has 19 heavy (non-hydrogen) atoms. The fourth-order valence-corrected chi connectivity index (χ4v) is 2.36. The van der Waals surface area contributed by atoms with Crippen molar-refractivity contribution in [2.45, 2.75) is 6.92 Å². The van der Waals surface area contributed by atoms with Gasteiger partial charge in [0.1, 0.15) is 0 Å². The minimum Gasteiger partial charge on any atom is -0.370 e. The van der Waals surface area contributed by atoms with Crippen molar-refractivity contribution in [2.75, 3.05) is 36.4 Å². The summed E-state index contributed by atoms with van der Waals surface area (Å²) < 4.78 is 0. The van der Waals surface area contributed by atoms with Crippen LogP contribution >= 0.6 is 0 Å². The fourth-order valence-electron chi connectivity index (χ4n) is 2.36. The number of benzene rings is 1.